The Bertz CT molecular complexity index is 1270. The second kappa shape index (κ2) is 10.8. The number of likely N-dealkylation sites (N-methyl/N-ethyl adjacent to an activating group) is 2. The molecule has 0 saturated heterocycles. The van der Waals surface area contributed by atoms with E-state index >= 15 is 0 Å². The van der Waals surface area contributed by atoms with Crippen molar-refractivity contribution in [1.29, 1.82) is 0 Å². The predicted octanol–water partition coefficient (Wildman–Crippen LogP) is 2.21. The molecule has 3 N–H and O–H groups in total. The van der Waals surface area contributed by atoms with Crippen LogP contribution in [-0.2, 0) is 24.2 Å². The standard InChI is InChI=1S/C26H34ClN7O2/c1-5-16-9-6-7-10-17(16)21-13-19-18(14-33(21)4)24(31-26(36)30-19)34-12-8-11-29-20(15-34)22(27)23(28)25(35)32(2)3/h6-7,9-10,21H,5,8,11-15,28H2,1-4H3,(H,30,31,36)/b23-22+. The molecule has 3 heterocycles. The molecular formula is C26H34ClN7O2. The van der Waals surface area contributed by atoms with E-state index in [9.17, 15) is 9.59 Å². The second-order valence-electron chi connectivity index (χ2n) is 9.54. The van der Waals surface area contributed by atoms with Gasteiger partial charge >= 0.3 is 5.69 Å². The van der Waals surface area contributed by atoms with Gasteiger partial charge in [0.15, 0.2) is 0 Å². The van der Waals surface area contributed by atoms with E-state index in [1.165, 1.54) is 16.0 Å². The summed E-state index contributed by atoms with van der Waals surface area (Å²) in [5.41, 5.74) is 10.7. The maximum Gasteiger partial charge on any atom is 0.347 e. The maximum atomic E-state index is 12.7. The Morgan fingerprint density at radius 2 is 2.03 bits per heavy atom. The van der Waals surface area contributed by atoms with Crippen molar-refractivity contribution in [1.82, 2.24) is 19.8 Å². The van der Waals surface area contributed by atoms with E-state index in [0.29, 0.717) is 44.1 Å². The number of nitrogens with zero attached hydrogens (tertiary/aromatic N) is 5. The van der Waals surface area contributed by atoms with Crippen molar-refractivity contribution in [2.75, 3.05) is 45.7 Å². The summed E-state index contributed by atoms with van der Waals surface area (Å²) in [6.45, 7) is 4.33. The number of aryl methyl sites for hydroxylation is 1. The van der Waals surface area contributed by atoms with Crippen molar-refractivity contribution in [2.24, 2.45) is 10.7 Å². The molecule has 2 aliphatic rings. The lowest BCUT2D eigenvalue weighted by molar-refractivity contribution is -0.124. The molecule has 192 valence electrons. The van der Waals surface area contributed by atoms with Crippen LogP contribution < -0.4 is 16.3 Å². The number of fused-ring (bicyclic) bond motifs is 1. The van der Waals surface area contributed by atoms with E-state index in [1.807, 2.05) is 4.90 Å². The number of benzene rings is 1. The van der Waals surface area contributed by atoms with Gasteiger partial charge in [0.1, 0.15) is 11.5 Å². The van der Waals surface area contributed by atoms with Gasteiger partial charge in [0.05, 0.1) is 17.3 Å². The van der Waals surface area contributed by atoms with E-state index in [4.69, 9.17) is 17.3 Å². The summed E-state index contributed by atoms with van der Waals surface area (Å²) in [6, 6.07) is 8.65. The van der Waals surface area contributed by atoms with Crippen molar-refractivity contribution in [3.63, 3.8) is 0 Å². The Labute approximate surface area is 216 Å². The minimum absolute atomic E-state index is 0.0414. The number of carbonyl (C=O) groups excluding carboxylic acids is 1. The average molecular weight is 512 g/mol. The molecule has 2 aromatic rings. The van der Waals surface area contributed by atoms with Gasteiger partial charge in [-0.3, -0.25) is 14.7 Å². The topological polar surface area (TPSA) is 111 Å². The highest BCUT2D eigenvalue weighted by Crippen LogP contribution is 2.36. The van der Waals surface area contributed by atoms with Crippen LogP contribution in [0.1, 0.15) is 41.8 Å². The molecule has 0 saturated carbocycles. The molecule has 10 heteroatoms. The largest absolute Gasteiger partial charge is 0.393 e. The monoisotopic (exact) mass is 511 g/mol. The molecule has 1 aromatic carbocycles. The number of anilines is 1. The number of hydrogen-bond donors (Lipinski definition) is 2. The molecule has 0 fully saturated rings. The minimum atomic E-state index is -0.373. The molecule has 1 unspecified atom stereocenters. The third-order valence-corrected chi connectivity index (χ3v) is 7.31. The van der Waals surface area contributed by atoms with Crippen LogP contribution in [0, 0.1) is 0 Å². The van der Waals surface area contributed by atoms with Crippen molar-refractivity contribution in [2.45, 2.75) is 38.8 Å². The first-order chi connectivity index (χ1) is 17.2. The van der Waals surface area contributed by atoms with Crippen LogP contribution in [0.2, 0.25) is 0 Å². The fourth-order valence-corrected chi connectivity index (χ4v) is 5.17. The Morgan fingerprint density at radius 3 is 2.75 bits per heavy atom. The molecule has 1 amide bonds. The molecule has 4 rings (SSSR count). The van der Waals surface area contributed by atoms with Gasteiger partial charge in [0, 0.05) is 57.4 Å². The van der Waals surface area contributed by atoms with Gasteiger partial charge in [0.2, 0.25) is 0 Å². The summed E-state index contributed by atoms with van der Waals surface area (Å²) in [4.78, 5) is 42.7. The Hall–Kier alpha value is -3.17. The molecule has 9 nitrogen and oxygen atoms in total. The zero-order valence-electron chi connectivity index (χ0n) is 21.3. The Morgan fingerprint density at radius 1 is 1.28 bits per heavy atom. The molecule has 0 aliphatic carbocycles. The Balaban J connectivity index is 1.69. The first-order valence-corrected chi connectivity index (χ1v) is 12.6. The van der Waals surface area contributed by atoms with Crippen LogP contribution in [-0.4, -0.2) is 72.2 Å². The van der Waals surface area contributed by atoms with E-state index in [2.05, 4.69) is 58.1 Å². The second-order valence-corrected chi connectivity index (χ2v) is 9.92. The zero-order valence-corrected chi connectivity index (χ0v) is 22.1. The number of aromatic amines is 1. The summed E-state index contributed by atoms with van der Waals surface area (Å²) < 4.78 is 0. The van der Waals surface area contributed by atoms with Crippen molar-refractivity contribution in [3.8, 4) is 0 Å². The van der Waals surface area contributed by atoms with E-state index < -0.39 is 0 Å². The molecular weight excluding hydrogens is 478 g/mol. The van der Waals surface area contributed by atoms with Crippen LogP contribution in [0.25, 0.3) is 0 Å². The molecule has 1 aromatic heterocycles. The van der Waals surface area contributed by atoms with Gasteiger partial charge in [-0.15, -0.1) is 0 Å². The highest BCUT2D eigenvalue weighted by Gasteiger charge is 2.31. The van der Waals surface area contributed by atoms with Crippen LogP contribution in [0.5, 0.6) is 0 Å². The Kier molecular flexibility index (Phi) is 7.80. The number of aliphatic imine (C=N–C) groups is 1. The molecule has 0 bridgehead atoms. The quantitative estimate of drug-likeness (QED) is 0.595. The number of hydrogen-bond acceptors (Lipinski definition) is 7. The van der Waals surface area contributed by atoms with Gasteiger partial charge in [-0.2, -0.15) is 4.98 Å². The lowest BCUT2D eigenvalue weighted by atomic mass is 9.90. The van der Waals surface area contributed by atoms with Crippen molar-refractivity contribution < 1.29 is 4.79 Å². The zero-order chi connectivity index (χ0) is 26.0. The number of carbonyl (C=O) groups is 1. The predicted molar refractivity (Wildman–Crippen MR) is 143 cm³/mol. The fraction of sp³-hybridized carbons (Fsp3) is 0.462. The third kappa shape index (κ3) is 5.17. The molecule has 0 spiro atoms. The summed E-state index contributed by atoms with van der Waals surface area (Å²) in [6.07, 6.45) is 2.41. The van der Waals surface area contributed by atoms with Gasteiger partial charge in [-0.25, -0.2) is 4.79 Å². The number of halogens is 1. The molecule has 1 atom stereocenters. The number of nitrogens with two attached hydrogens (primary N) is 1. The minimum Gasteiger partial charge on any atom is -0.393 e. The van der Waals surface area contributed by atoms with Gasteiger partial charge in [0.25, 0.3) is 5.91 Å². The van der Waals surface area contributed by atoms with Crippen LogP contribution >= 0.6 is 11.6 Å². The fourth-order valence-electron chi connectivity index (χ4n) is 4.97. The number of H-pyrrole nitrogens is 1. The SMILES string of the molecule is CCc1ccccc1C1Cc2[nH]c(=O)nc(N3CCCN=C(/C(Cl)=C(\N)C(=O)N(C)C)C3)c2CN1C. The maximum absolute atomic E-state index is 12.7. The summed E-state index contributed by atoms with van der Waals surface area (Å²) >= 11 is 6.54. The number of amides is 1. The first-order valence-electron chi connectivity index (χ1n) is 12.3. The normalized spacial score (nSPS) is 19.2. The number of aromatic nitrogens is 2. The number of nitrogens with one attached hydrogen (secondary N) is 1. The van der Waals surface area contributed by atoms with E-state index in [-0.39, 0.29) is 28.4 Å². The molecule has 2 aliphatic heterocycles. The molecule has 36 heavy (non-hydrogen) atoms. The highest BCUT2D eigenvalue weighted by atomic mass is 35.5. The van der Waals surface area contributed by atoms with Gasteiger partial charge < -0.3 is 20.5 Å². The summed E-state index contributed by atoms with van der Waals surface area (Å²) in [5, 5.41) is 0.146. The van der Waals surface area contributed by atoms with E-state index in [1.54, 1.807) is 14.1 Å². The van der Waals surface area contributed by atoms with Crippen molar-refractivity contribution >= 4 is 29.0 Å². The van der Waals surface area contributed by atoms with Crippen molar-refractivity contribution in [3.05, 3.63) is 67.9 Å². The van der Waals surface area contributed by atoms with Crippen LogP contribution in [0.4, 0.5) is 5.82 Å². The summed E-state index contributed by atoms with van der Waals surface area (Å²) in [7, 11) is 5.35. The smallest absolute Gasteiger partial charge is 0.347 e. The lowest BCUT2D eigenvalue weighted by Gasteiger charge is -2.37. The van der Waals surface area contributed by atoms with E-state index in [0.717, 1.165) is 24.1 Å². The highest BCUT2D eigenvalue weighted by molar-refractivity contribution is 6.45. The number of rotatable bonds is 5. The van der Waals surface area contributed by atoms with Gasteiger partial charge in [-0.05, 0) is 31.0 Å². The summed E-state index contributed by atoms with van der Waals surface area (Å²) in [5.74, 6) is 0.268. The van der Waals surface area contributed by atoms with Crippen LogP contribution in [0.3, 0.4) is 0 Å². The lowest BCUT2D eigenvalue weighted by Crippen LogP contribution is -2.39. The third-order valence-electron chi connectivity index (χ3n) is 6.89. The van der Waals surface area contributed by atoms with Gasteiger partial charge in [-0.1, -0.05) is 42.8 Å². The van der Waals surface area contributed by atoms with Crippen LogP contribution in [0.15, 0.2) is 44.8 Å². The average Bonchev–Trinajstić information content (AvgIpc) is 3.13. The molecule has 0 radical (unpaired) electrons. The first kappa shape index (κ1) is 25.9.